The fourth-order valence-electron chi connectivity index (χ4n) is 2.13. The van der Waals surface area contributed by atoms with Crippen LogP contribution in [0.1, 0.15) is 25.0 Å². The molecule has 0 heterocycles. The van der Waals surface area contributed by atoms with Crippen molar-refractivity contribution in [2.75, 3.05) is 10.6 Å². The van der Waals surface area contributed by atoms with Gasteiger partial charge < -0.3 is 10.6 Å². The first-order valence-electron chi connectivity index (χ1n) is 7.66. The van der Waals surface area contributed by atoms with Crippen molar-refractivity contribution in [1.82, 2.24) is 0 Å². The Morgan fingerprint density at radius 3 is 2.25 bits per heavy atom. The fourth-order valence-corrected chi connectivity index (χ4v) is 2.31. The minimum Gasteiger partial charge on any atom is -0.325 e. The van der Waals surface area contributed by atoms with Crippen LogP contribution in [0.15, 0.2) is 42.5 Å². The third-order valence-corrected chi connectivity index (χ3v) is 4.34. The van der Waals surface area contributed by atoms with Crippen LogP contribution >= 0.6 is 11.6 Å². The van der Waals surface area contributed by atoms with Crippen LogP contribution in [0, 0.1) is 19.3 Å². The van der Waals surface area contributed by atoms with Crippen molar-refractivity contribution < 1.29 is 9.59 Å². The van der Waals surface area contributed by atoms with E-state index in [1.807, 2.05) is 32.0 Å². The van der Waals surface area contributed by atoms with E-state index in [1.165, 1.54) is 0 Å². The van der Waals surface area contributed by atoms with Crippen LogP contribution in [-0.4, -0.2) is 11.8 Å². The van der Waals surface area contributed by atoms with Crippen molar-refractivity contribution in [2.45, 2.75) is 27.7 Å². The van der Waals surface area contributed by atoms with Gasteiger partial charge in [0.2, 0.25) is 11.8 Å². The average molecular weight is 345 g/mol. The Kier molecular flexibility index (Phi) is 5.30. The standard InChI is InChI=1S/C19H21ClN2O2/c1-12-7-5-8-14(11-12)21-17(23)19(3,4)18(24)22-16-10-6-9-15(20)13(16)2/h5-11H,1-4H3,(H,21,23)(H,22,24). The Bertz CT molecular complexity index is 785. The number of carbonyl (C=O) groups is 2. The summed E-state index contributed by atoms with van der Waals surface area (Å²) in [5, 5.41) is 6.14. The van der Waals surface area contributed by atoms with Crippen molar-refractivity contribution in [3.05, 3.63) is 58.6 Å². The van der Waals surface area contributed by atoms with Gasteiger partial charge in [-0.3, -0.25) is 9.59 Å². The molecule has 4 nitrogen and oxygen atoms in total. The molecule has 5 heteroatoms. The van der Waals surface area contributed by atoms with Gasteiger partial charge in [-0.2, -0.15) is 0 Å². The average Bonchev–Trinajstić information content (AvgIpc) is 2.51. The summed E-state index contributed by atoms with van der Waals surface area (Å²) in [6, 6.07) is 12.7. The van der Waals surface area contributed by atoms with E-state index in [0.717, 1.165) is 11.1 Å². The molecule has 0 saturated carbocycles. The number of carbonyl (C=O) groups excluding carboxylic acids is 2. The number of anilines is 2. The molecule has 0 saturated heterocycles. The fraction of sp³-hybridized carbons (Fsp3) is 0.263. The molecule has 2 rings (SSSR count). The number of hydrogen-bond acceptors (Lipinski definition) is 2. The lowest BCUT2D eigenvalue weighted by atomic mass is 9.90. The molecule has 0 atom stereocenters. The molecule has 0 aliphatic carbocycles. The molecule has 2 aromatic rings. The highest BCUT2D eigenvalue weighted by molar-refractivity contribution is 6.31. The van der Waals surface area contributed by atoms with Crippen LogP contribution in [0.2, 0.25) is 5.02 Å². The Hall–Kier alpha value is -2.33. The van der Waals surface area contributed by atoms with Crippen LogP contribution in [-0.2, 0) is 9.59 Å². The largest absolute Gasteiger partial charge is 0.325 e. The highest BCUT2D eigenvalue weighted by atomic mass is 35.5. The Morgan fingerprint density at radius 2 is 1.58 bits per heavy atom. The molecular formula is C19H21ClN2O2. The van der Waals surface area contributed by atoms with Gasteiger partial charge in [0.05, 0.1) is 0 Å². The summed E-state index contributed by atoms with van der Waals surface area (Å²) in [6.45, 7) is 6.94. The highest BCUT2D eigenvalue weighted by Crippen LogP contribution is 2.26. The second kappa shape index (κ2) is 7.05. The van der Waals surface area contributed by atoms with Crippen molar-refractivity contribution >= 4 is 34.8 Å². The SMILES string of the molecule is Cc1cccc(NC(=O)C(C)(C)C(=O)Nc2cccc(Cl)c2C)c1. The van der Waals surface area contributed by atoms with Crippen LogP contribution < -0.4 is 10.6 Å². The maximum absolute atomic E-state index is 12.6. The molecule has 24 heavy (non-hydrogen) atoms. The quantitative estimate of drug-likeness (QED) is 0.799. The zero-order chi connectivity index (χ0) is 17.9. The molecule has 0 fully saturated rings. The van der Waals surface area contributed by atoms with Crippen molar-refractivity contribution in [3.63, 3.8) is 0 Å². The number of benzene rings is 2. The van der Waals surface area contributed by atoms with Gasteiger partial charge in [0.1, 0.15) is 5.41 Å². The molecule has 2 aromatic carbocycles. The molecule has 0 radical (unpaired) electrons. The summed E-state index contributed by atoms with van der Waals surface area (Å²) in [5.41, 5.74) is 1.83. The monoisotopic (exact) mass is 344 g/mol. The van der Waals surface area contributed by atoms with E-state index in [-0.39, 0.29) is 5.91 Å². The molecule has 0 bridgehead atoms. The Morgan fingerprint density at radius 1 is 0.958 bits per heavy atom. The predicted molar refractivity (Wildman–Crippen MR) is 98.4 cm³/mol. The normalized spacial score (nSPS) is 11.0. The van der Waals surface area contributed by atoms with E-state index >= 15 is 0 Å². The van der Waals surface area contributed by atoms with Crippen molar-refractivity contribution in [3.8, 4) is 0 Å². The van der Waals surface area contributed by atoms with E-state index in [1.54, 1.807) is 38.1 Å². The Labute approximate surface area is 147 Å². The van der Waals surface area contributed by atoms with Gasteiger partial charge in [0.15, 0.2) is 0 Å². The van der Waals surface area contributed by atoms with E-state index in [4.69, 9.17) is 11.6 Å². The molecular weight excluding hydrogens is 324 g/mol. The number of nitrogens with one attached hydrogen (secondary N) is 2. The lowest BCUT2D eigenvalue weighted by Gasteiger charge is -2.23. The van der Waals surface area contributed by atoms with Gasteiger partial charge in [0, 0.05) is 16.4 Å². The molecule has 0 unspecified atom stereocenters. The van der Waals surface area contributed by atoms with Crippen LogP contribution in [0.5, 0.6) is 0 Å². The molecule has 126 valence electrons. The summed E-state index contributed by atoms with van der Waals surface area (Å²) in [7, 11) is 0. The summed E-state index contributed by atoms with van der Waals surface area (Å²) in [4.78, 5) is 25.1. The highest BCUT2D eigenvalue weighted by Gasteiger charge is 2.36. The van der Waals surface area contributed by atoms with Gasteiger partial charge in [-0.15, -0.1) is 0 Å². The first kappa shape index (κ1) is 18.0. The second-order valence-corrected chi connectivity index (χ2v) is 6.72. The first-order valence-corrected chi connectivity index (χ1v) is 8.04. The smallest absolute Gasteiger partial charge is 0.239 e. The van der Waals surface area contributed by atoms with E-state index < -0.39 is 11.3 Å². The minimum atomic E-state index is -1.24. The maximum atomic E-state index is 12.6. The summed E-state index contributed by atoms with van der Waals surface area (Å²) in [6.07, 6.45) is 0. The van der Waals surface area contributed by atoms with Gasteiger partial charge in [-0.05, 0) is 63.1 Å². The van der Waals surface area contributed by atoms with Gasteiger partial charge in [-0.1, -0.05) is 29.8 Å². The third kappa shape index (κ3) is 3.95. The third-order valence-electron chi connectivity index (χ3n) is 3.93. The molecule has 2 amide bonds. The maximum Gasteiger partial charge on any atom is 0.239 e. The van der Waals surface area contributed by atoms with E-state index in [9.17, 15) is 9.59 Å². The predicted octanol–water partition coefficient (Wildman–Crippen LogP) is 4.56. The number of amides is 2. The number of hydrogen-bond donors (Lipinski definition) is 2. The zero-order valence-electron chi connectivity index (χ0n) is 14.2. The molecule has 0 aromatic heterocycles. The molecule has 2 N–H and O–H groups in total. The van der Waals surface area contributed by atoms with Gasteiger partial charge in [-0.25, -0.2) is 0 Å². The lowest BCUT2D eigenvalue weighted by Crippen LogP contribution is -2.41. The molecule has 0 aliphatic heterocycles. The van der Waals surface area contributed by atoms with Gasteiger partial charge >= 0.3 is 0 Å². The Balaban J connectivity index is 2.14. The minimum absolute atomic E-state index is 0.370. The summed E-state index contributed by atoms with van der Waals surface area (Å²) >= 11 is 6.07. The molecule has 0 spiro atoms. The topological polar surface area (TPSA) is 58.2 Å². The van der Waals surface area contributed by atoms with E-state index in [2.05, 4.69) is 10.6 Å². The number of rotatable bonds is 4. The van der Waals surface area contributed by atoms with E-state index in [0.29, 0.717) is 16.4 Å². The van der Waals surface area contributed by atoms with Crippen molar-refractivity contribution in [1.29, 1.82) is 0 Å². The summed E-state index contributed by atoms with van der Waals surface area (Å²) in [5.74, 6) is -0.761. The van der Waals surface area contributed by atoms with Crippen LogP contribution in [0.3, 0.4) is 0 Å². The second-order valence-electron chi connectivity index (χ2n) is 6.32. The van der Waals surface area contributed by atoms with Crippen molar-refractivity contribution in [2.24, 2.45) is 5.41 Å². The zero-order valence-corrected chi connectivity index (χ0v) is 15.0. The van der Waals surface area contributed by atoms with Crippen LogP contribution in [0.25, 0.3) is 0 Å². The molecule has 0 aliphatic rings. The number of halogens is 1. The van der Waals surface area contributed by atoms with Crippen LogP contribution in [0.4, 0.5) is 11.4 Å². The van der Waals surface area contributed by atoms with Gasteiger partial charge in [0.25, 0.3) is 0 Å². The summed E-state index contributed by atoms with van der Waals surface area (Å²) < 4.78 is 0. The number of aryl methyl sites for hydroxylation is 1. The first-order chi connectivity index (χ1) is 11.2. The lowest BCUT2D eigenvalue weighted by molar-refractivity contribution is -0.135.